The lowest BCUT2D eigenvalue weighted by molar-refractivity contribution is -0.113. The van der Waals surface area contributed by atoms with Crippen LogP contribution in [0.3, 0.4) is 0 Å². The van der Waals surface area contributed by atoms with Crippen LogP contribution in [0.1, 0.15) is 18.5 Å². The molecule has 152 valence electrons. The van der Waals surface area contributed by atoms with Crippen molar-refractivity contribution in [2.45, 2.75) is 13.0 Å². The third-order valence-electron chi connectivity index (χ3n) is 4.62. The van der Waals surface area contributed by atoms with Crippen LogP contribution in [-0.2, 0) is 4.79 Å². The highest BCUT2D eigenvalue weighted by Crippen LogP contribution is 2.36. The van der Waals surface area contributed by atoms with E-state index in [1.165, 1.54) is 0 Å². The van der Waals surface area contributed by atoms with E-state index < -0.39 is 6.04 Å². The number of nitrogens with one attached hydrogen (secondary N) is 3. The molecule has 1 aliphatic rings. The zero-order valence-electron chi connectivity index (χ0n) is 16.7. The van der Waals surface area contributed by atoms with Crippen molar-refractivity contribution in [3.8, 4) is 17.2 Å². The number of methoxy groups -OCH3 is 3. The van der Waals surface area contributed by atoms with Gasteiger partial charge in [0.15, 0.2) is 5.11 Å². The van der Waals surface area contributed by atoms with Gasteiger partial charge >= 0.3 is 0 Å². The fraction of sp³-hybridized carbons (Fsp3) is 0.238. The molecule has 0 aliphatic carbocycles. The average Bonchev–Trinajstić information content (AvgIpc) is 2.72. The molecule has 7 nitrogen and oxygen atoms in total. The summed E-state index contributed by atoms with van der Waals surface area (Å²) in [6, 6.07) is 12.1. The summed E-state index contributed by atoms with van der Waals surface area (Å²) in [4.78, 5) is 13.3. The van der Waals surface area contributed by atoms with Crippen LogP contribution in [0.5, 0.6) is 17.2 Å². The number of amides is 1. The van der Waals surface area contributed by atoms with E-state index in [0.717, 1.165) is 5.56 Å². The minimum absolute atomic E-state index is 0.288. The molecular formula is C21H23N3O4S. The van der Waals surface area contributed by atoms with Crippen molar-refractivity contribution in [1.82, 2.24) is 10.6 Å². The monoisotopic (exact) mass is 413 g/mol. The second-order valence-corrected chi connectivity index (χ2v) is 6.74. The van der Waals surface area contributed by atoms with E-state index in [1.54, 1.807) is 45.6 Å². The summed E-state index contributed by atoms with van der Waals surface area (Å²) < 4.78 is 16.2. The van der Waals surface area contributed by atoms with Crippen molar-refractivity contribution >= 4 is 28.9 Å². The molecular weight excluding hydrogens is 390 g/mol. The van der Waals surface area contributed by atoms with Crippen molar-refractivity contribution in [2.24, 2.45) is 0 Å². The maximum atomic E-state index is 13.3. The molecule has 1 heterocycles. The van der Waals surface area contributed by atoms with Crippen LogP contribution in [0, 0.1) is 0 Å². The van der Waals surface area contributed by atoms with Gasteiger partial charge in [-0.2, -0.15) is 0 Å². The average molecular weight is 413 g/mol. The molecule has 0 saturated carbocycles. The highest BCUT2D eigenvalue weighted by molar-refractivity contribution is 7.80. The predicted molar refractivity (Wildman–Crippen MR) is 115 cm³/mol. The van der Waals surface area contributed by atoms with Gasteiger partial charge < -0.3 is 30.2 Å². The Bertz CT molecular complexity index is 974. The fourth-order valence-corrected chi connectivity index (χ4v) is 3.50. The van der Waals surface area contributed by atoms with Gasteiger partial charge in [0.05, 0.1) is 38.6 Å². The van der Waals surface area contributed by atoms with Gasteiger partial charge in [0.1, 0.15) is 17.2 Å². The molecule has 3 N–H and O–H groups in total. The van der Waals surface area contributed by atoms with E-state index >= 15 is 0 Å². The minimum Gasteiger partial charge on any atom is -0.497 e. The summed E-state index contributed by atoms with van der Waals surface area (Å²) in [7, 11) is 4.72. The molecule has 1 aliphatic heterocycles. The second-order valence-electron chi connectivity index (χ2n) is 6.33. The molecule has 29 heavy (non-hydrogen) atoms. The molecule has 3 rings (SSSR count). The zero-order chi connectivity index (χ0) is 21.0. The van der Waals surface area contributed by atoms with Gasteiger partial charge in [0.25, 0.3) is 5.91 Å². The van der Waals surface area contributed by atoms with E-state index in [-0.39, 0.29) is 5.91 Å². The lowest BCUT2D eigenvalue weighted by atomic mass is 9.94. The van der Waals surface area contributed by atoms with Gasteiger partial charge in [-0.1, -0.05) is 12.1 Å². The molecule has 0 bridgehead atoms. The molecule has 0 spiro atoms. The van der Waals surface area contributed by atoms with Crippen LogP contribution in [0.25, 0.3) is 0 Å². The Morgan fingerprint density at radius 1 is 1.03 bits per heavy atom. The van der Waals surface area contributed by atoms with Gasteiger partial charge in [-0.3, -0.25) is 4.79 Å². The summed E-state index contributed by atoms with van der Waals surface area (Å²) in [6.07, 6.45) is 0. The van der Waals surface area contributed by atoms with E-state index in [4.69, 9.17) is 26.4 Å². The number of thiocarbonyl (C=S) groups is 1. The lowest BCUT2D eigenvalue weighted by Crippen LogP contribution is -2.45. The van der Waals surface area contributed by atoms with Crippen molar-refractivity contribution in [3.05, 3.63) is 59.3 Å². The Balaban J connectivity index is 2.04. The summed E-state index contributed by atoms with van der Waals surface area (Å²) in [6.45, 7) is 1.81. The molecule has 0 fully saturated rings. The Morgan fingerprint density at radius 3 is 2.45 bits per heavy atom. The standard InChI is InChI=1S/C21H23N3O4S/c1-12-18(20(25)23-15-7-5-6-8-17(15)28-4)19(24-21(29)22-12)14-11-13(26-2)9-10-16(14)27-3/h5-11,19H,1-4H3,(H,23,25)(H2,22,24,29). The summed E-state index contributed by atoms with van der Waals surface area (Å²) >= 11 is 5.33. The fourth-order valence-electron chi connectivity index (χ4n) is 3.23. The van der Waals surface area contributed by atoms with Crippen molar-refractivity contribution < 1.29 is 19.0 Å². The van der Waals surface area contributed by atoms with Crippen molar-refractivity contribution in [2.75, 3.05) is 26.6 Å². The molecule has 2 aromatic rings. The van der Waals surface area contributed by atoms with Crippen LogP contribution in [0.15, 0.2) is 53.7 Å². The van der Waals surface area contributed by atoms with Crippen LogP contribution in [-0.4, -0.2) is 32.3 Å². The Labute approximate surface area is 175 Å². The molecule has 0 aromatic heterocycles. The molecule has 0 saturated heterocycles. The third kappa shape index (κ3) is 4.27. The number of benzene rings is 2. The van der Waals surface area contributed by atoms with Gasteiger partial charge in [0.2, 0.25) is 0 Å². The smallest absolute Gasteiger partial charge is 0.255 e. The minimum atomic E-state index is -0.525. The highest BCUT2D eigenvalue weighted by Gasteiger charge is 2.32. The van der Waals surface area contributed by atoms with Crippen LogP contribution in [0.4, 0.5) is 5.69 Å². The quantitative estimate of drug-likeness (QED) is 0.628. The number of ether oxygens (including phenoxy) is 3. The van der Waals surface area contributed by atoms with Gasteiger partial charge in [-0.15, -0.1) is 0 Å². The molecule has 0 radical (unpaired) electrons. The first-order chi connectivity index (χ1) is 14.0. The van der Waals surface area contributed by atoms with Crippen LogP contribution >= 0.6 is 12.2 Å². The van der Waals surface area contributed by atoms with E-state index in [9.17, 15) is 4.79 Å². The van der Waals surface area contributed by atoms with Gasteiger partial charge in [-0.05, 0) is 49.5 Å². The molecule has 1 amide bonds. The maximum absolute atomic E-state index is 13.3. The summed E-state index contributed by atoms with van der Waals surface area (Å²) in [5.74, 6) is 1.55. The number of carbonyl (C=O) groups excluding carboxylic acids is 1. The Morgan fingerprint density at radius 2 is 1.76 bits per heavy atom. The van der Waals surface area contributed by atoms with Crippen LogP contribution in [0.2, 0.25) is 0 Å². The van der Waals surface area contributed by atoms with Crippen molar-refractivity contribution in [1.29, 1.82) is 0 Å². The Hall–Kier alpha value is -3.26. The van der Waals surface area contributed by atoms with E-state index in [1.807, 2.05) is 25.1 Å². The number of para-hydroxylation sites is 2. The maximum Gasteiger partial charge on any atom is 0.255 e. The largest absolute Gasteiger partial charge is 0.497 e. The van der Waals surface area contributed by atoms with Gasteiger partial charge in [0, 0.05) is 11.3 Å². The number of hydrogen-bond donors (Lipinski definition) is 3. The normalized spacial score (nSPS) is 15.9. The number of allylic oxidation sites excluding steroid dienone is 1. The summed E-state index contributed by atoms with van der Waals surface area (Å²) in [5, 5.41) is 9.54. The number of anilines is 1. The first-order valence-electron chi connectivity index (χ1n) is 8.93. The van der Waals surface area contributed by atoms with Crippen LogP contribution < -0.4 is 30.2 Å². The molecule has 2 aromatic carbocycles. The predicted octanol–water partition coefficient (Wildman–Crippen LogP) is 3.14. The lowest BCUT2D eigenvalue weighted by Gasteiger charge is -2.31. The number of rotatable bonds is 6. The van der Waals surface area contributed by atoms with Crippen molar-refractivity contribution in [3.63, 3.8) is 0 Å². The topological polar surface area (TPSA) is 80.9 Å². The number of carbonyl (C=O) groups is 1. The Kier molecular flexibility index (Phi) is 6.23. The summed E-state index contributed by atoms with van der Waals surface area (Å²) in [5.41, 5.74) is 2.44. The highest BCUT2D eigenvalue weighted by atomic mass is 32.1. The molecule has 1 atom stereocenters. The first kappa shape index (κ1) is 20.5. The number of hydrogen-bond acceptors (Lipinski definition) is 5. The SMILES string of the molecule is COc1ccc(OC)c(C2NC(=S)NC(C)=C2C(=O)Nc2ccccc2OC)c1. The second kappa shape index (κ2) is 8.83. The molecule has 8 heteroatoms. The zero-order valence-corrected chi connectivity index (χ0v) is 17.5. The van der Waals surface area contributed by atoms with Gasteiger partial charge in [-0.25, -0.2) is 0 Å². The first-order valence-corrected chi connectivity index (χ1v) is 9.34. The molecule has 1 unspecified atom stereocenters. The third-order valence-corrected chi connectivity index (χ3v) is 4.84. The van der Waals surface area contributed by atoms with E-state index in [0.29, 0.717) is 39.3 Å². The van der Waals surface area contributed by atoms with E-state index in [2.05, 4.69) is 16.0 Å².